The highest BCUT2D eigenvalue weighted by Gasteiger charge is 2.14. The van der Waals surface area contributed by atoms with Crippen LogP contribution in [0, 0.1) is 0 Å². The van der Waals surface area contributed by atoms with Crippen molar-refractivity contribution in [2.45, 2.75) is 24.8 Å². The van der Waals surface area contributed by atoms with Gasteiger partial charge < -0.3 is 11.1 Å². The van der Waals surface area contributed by atoms with E-state index in [1.54, 1.807) is 19.1 Å². The molecule has 106 valence electrons. The van der Waals surface area contributed by atoms with Gasteiger partial charge in [0.2, 0.25) is 15.9 Å². The van der Waals surface area contributed by atoms with Gasteiger partial charge in [0, 0.05) is 26.1 Å². The molecule has 0 spiro atoms. The third kappa shape index (κ3) is 4.98. The number of nitrogens with one attached hydrogen (secondary N) is 2. The lowest BCUT2D eigenvalue weighted by Crippen LogP contribution is -2.30. The van der Waals surface area contributed by atoms with Crippen molar-refractivity contribution in [2.75, 3.05) is 13.1 Å². The Morgan fingerprint density at radius 3 is 2.74 bits per heavy atom. The normalized spacial score (nSPS) is 11.3. The van der Waals surface area contributed by atoms with E-state index in [1.807, 2.05) is 0 Å². The van der Waals surface area contributed by atoms with E-state index in [0.717, 1.165) is 5.56 Å². The van der Waals surface area contributed by atoms with E-state index in [1.165, 1.54) is 12.1 Å². The number of sulfonamides is 1. The van der Waals surface area contributed by atoms with Crippen LogP contribution in [0.1, 0.15) is 18.9 Å². The summed E-state index contributed by atoms with van der Waals surface area (Å²) >= 11 is 0. The Labute approximate surface area is 113 Å². The van der Waals surface area contributed by atoms with Crippen LogP contribution in [0.4, 0.5) is 0 Å². The van der Waals surface area contributed by atoms with Crippen LogP contribution in [0.3, 0.4) is 0 Å². The molecule has 0 unspecified atom stereocenters. The molecule has 0 radical (unpaired) electrons. The van der Waals surface area contributed by atoms with Crippen molar-refractivity contribution in [3.8, 4) is 0 Å². The first kappa shape index (κ1) is 15.6. The first-order chi connectivity index (χ1) is 8.99. The summed E-state index contributed by atoms with van der Waals surface area (Å²) in [6.45, 7) is 2.69. The van der Waals surface area contributed by atoms with Crippen LogP contribution in [0.2, 0.25) is 0 Å². The fraction of sp³-hybridized carbons (Fsp3) is 0.417. The van der Waals surface area contributed by atoms with Gasteiger partial charge in [-0.25, -0.2) is 13.1 Å². The van der Waals surface area contributed by atoms with Gasteiger partial charge in [-0.05, 0) is 24.6 Å². The number of benzene rings is 1. The van der Waals surface area contributed by atoms with E-state index in [-0.39, 0.29) is 30.3 Å². The van der Waals surface area contributed by atoms with E-state index in [9.17, 15) is 13.2 Å². The molecule has 1 aromatic carbocycles. The summed E-state index contributed by atoms with van der Waals surface area (Å²) in [6, 6.07) is 6.41. The minimum absolute atomic E-state index is 0.0705. The molecule has 0 heterocycles. The van der Waals surface area contributed by atoms with Crippen molar-refractivity contribution >= 4 is 15.9 Å². The average Bonchev–Trinajstić information content (AvgIpc) is 2.39. The number of rotatable bonds is 7. The Balaban J connectivity index is 2.63. The van der Waals surface area contributed by atoms with Gasteiger partial charge in [0.1, 0.15) is 0 Å². The molecule has 0 aliphatic carbocycles. The topological polar surface area (TPSA) is 101 Å². The molecule has 0 atom stereocenters. The first-order valence-electron chi connectivity index (χ1n) is 6.05. The fourth-order valence-corrected chi connectivity index (χ4v) is 2.61. The van der Waals surface area contributed by atoms with Crippen LogP contribution in [0.15, 0.2) is 29.2 Å². The zero-order valence-corrected chi connectivity index (χ0v) is 11.7. The van der Waals surface area contributed by atoms with Crippen LogP contribution >= 0.6 is 0 Å². The Morgan fingerprint density at radius 2 is 2.11 bits per heavy atom. The van der Waals surface area contributed by atoms with Gasteiger partial charge in [-0.2, -0.15) is 0 Å². The third-order valence-corrected chi connectivity index (χ3v) is 3.92. The SMILES string of the molecule is CCNC(=O)CCNS(=O)(=O)c1cccc(CN)c1. The maximum absolute atomic E-state index is 12.0. The molecule has 0 saturated carbocycles. The zero-order valence-electron chi connectivity index (χ0n) is 10.8. The Hall–Kier alpha value is -1.44. The second-order valence-corrected chi connectivity index (χ2v) is 5.72. The second kappa shape index (κ2) is 7.22. The van der Waals surface area contributed by atoms with Gasteiger partial charge in [-0.3, -0.25) is 4.79 Å². The molecule has 0 saturated heterocycles. The van der Waals surface area contributed by atoms with Crippen LogP contribution in [-0.2, 0) is 21.4 Å². The van der Waals surface area contributed by atoms with Crippen molar-refractivity contribution in [1.82, 2.24) is 10.0 Å². The second-order valence-electron chi connectivity index (χ2n) is 3.95. The van der Waals surface area contributed by atoms with Gasteiger partial charge in [-0.1, -0.05) is 12.1 Å². The Morgan fingerprint density at radius 1 is 1.37 bits per heavy atom. The number of amides is 1. The zero-order chi connectivity index (χ0) is 14.3. The standard InChI is InChI=1S/C12H19N3O3S/c1-2-14-12(16)6-7-15-19(17,18)11-5-3-4-10(8-11)9-13/h3-5,8,15H,2,6-7,9,13H2,1H3,(H,14,16). The van der Waals surface area contributed by atoms with Gasteiger partial charge in [0.05, 0.1) is 4.90 Å². The molecule has 4 N–H and O–H groups in total. The summed E-state index contributed by atoms with van der Waals surface area (Å²) in [6.07, 6.45) is 0.115. The molecular formula is C12H19N3O3S. The molecule has 19 heavy (non-hydrogen) atoms. The number of hydrogen-bond acceptors (Lipinski definition) is 4. The lowest BCUT2D eigenvalue weighted by molar-refractivity contribution is -0.120. The van der Waals surface area contributed by atoms with E-state index in [0.29, 0.717) is 6.54 Å². The molecule has 0 aliphatic heterocycles. The number of carbonyl (C=O) groups is 1. The van der Waals surface area contributed by atoms with E-state index >= 15 is 0 Å². The van der Waals surface area contributed by atoms with Gasteiger partial charge in [0.15, 0.2) is 0 Å². The van der Waals surface area contributed by atoms with Crippen LogP contribution in [-0.4, -0.2) is 27.4 Å². The number of carbonyl (C=O) groups excluding carboxylic acids is 1. The maximum atomic E-state index is 12.0. The summed E-state index contributed by atoms with van der Waals surface area (Å²) < 4.78 is 26.3. The van der Waals surface area contributed by atoms with Crippen LogP contribution < -0.4 is 15.8 Å². The van der Waals surface area contributed by atoms with Crippen LogP contribution in [0.5, 0.6) is 0 Å². The number of nitrogens with two attached hydrogens (primary N) is 1. The van der Waals surface area contributed by atoms with E-state index in [4.69, 9.17) is 5.73 Å². The summed E-state index contributed by atoms with van der Waals surface area (Å²) in [5.41, 5.74) is 6.21. The molecule has 6 nitrogen and oxygen atoms in total. The molecule has 0 aromatic heterocycles. The van der Waals surface area contributed by atoms with E-state index < -0.39 is 10.0 Å². The molecule has 0 bridgehead atoms. The molecular weight excluding hydrogens is 266 g/mol. The Bertz CT molecular complexity index is 529. The lowest BCUT2D eigenvalue weighted by atomic mass is 10.2. The maximum Gasteiger partial charge on any atom is 0.240 e. The third-order valence-electron chi connectivity index (χ3n) is 2.46. The highest BCUT2D eigenvalue weighted by Crippen LogP contribution is 2.10. The predicted octanol–water partition coefficient (Wildman–Crippen LogP) is -0.0502. The highest BCUT2D eigenvalue weighted by atomic mass is 32.2. The lowest BCUT2D eigenvalue weighted by Gasteiger charge is -2.08. The summed E-state index contributed by atoms with van der Waals surface area (Å²) in [7, 11) is -3.59. The smallest absolute Gasteiger partial charge is 0.240 e. The number of hydrogen-bond donors (Lipinski definition) is 3. The molecule has 0 fully saturated rings. The quantitative estimate of drug-likeness (QED) is 0.653. The molecule has 1 rings (SSSR count). The predicted molar refractivity (Wildman–Crippen MR) is 72.8 cm³/mol. The van der Waals surface area contributed by atoms with Crippen molar-refractivity contribution in [3.05, 3.63) is 29.8 Å². The van der Waals surface area contributed by atoms with Crippen LogP contribution in [0.25, 0.3) is 0 Å². The fourth-order valence-electron chi connectivity index (χ4n) is 1.51. The van der Waals surface area contributed by atoms with Crippen molar-refractivity contribution in [2.24, 2.45) is 5.73 Å². The molecule has 1 aromatic rings. The van der Waals surface area contributed by atoms with Gasteiger partial charge >= 0.3 is 0 Å². The van der Waals surface area contributed by atoms with Crippen molar-refractivity contribution in [1.29, 1.82) is 0 Å². The summed E-state index contributed by atoms with van der Waals surface area (Å²) in [5.74, 6) is -0.180. The minimum Gasteiger partial charge on any atom is -0.356 e. The first-order valence-corrected chi connectivity index (χ1v) is 7.53. The average molecular weight is 285 g/mol. The van der Waals surface area contributed by atoms with Gasteiger partial charge in [0.25, 0.3) is 0 Å². The molecule has 7 heteroatoms. The van der Waals surface area contributed by atoms with Crippen molar-refractivity contribution < 1.29 is 13.2 Å². The highest BCUT2D eigenvalue weighted by molar-refractivity contribution is 7.89. The van der Waals surface area contributed by atoms with E-state index in [2.05, 4.69) is 10.0 Å². The largest absolute Gasteiger partial charge is 0.356 e. The minimum atomic E-state index is -3.59. The van der Waals surface area contributed by atoms with Crippen molar-refractivity contribution in [3.63, 3.8) is 0 Å². The monoisotopic (exact) mass is 285 g/mol. The van der Waals surface area contributed by atoms with Gasteiger partial charge in [-0.15, -0.1) is 0 Å². The Kier molecular flexibility index (Phi) is 5.94. The summed E-state index contributed by atoms with van der Waals surface area (Å²) in [5, 5.41) is 2.60. The molecule has 0 aliphatic rings. The summed E-state index contributed by atoms with van der Waals surface area (Å²) in [4.78, 5) is 11.4. The molecule has 1 amide bonds.